The number of carbonyl (C=O) groups is 2. The third kappa shape index (κ3) is 4.68. The molecule has 0 bridgehead atoms. The Morgan fingerprint density at radius 1 is 1.08 bits per heavy atom. The molecule has 5 heteroatoms. The van der Waals surface area contributed by atoms with Gasteiger partial charge in [0, 0.05) is 0 Å². The molecule has 0 aliphatic carbocycles. The molecule has 0 unspecified atom stereocenters. The fraction of sp³-hybridized carbons (Fsp3) is 0.714. The van der Waals surface area contributed by atoms with Gasteiger partial charge in [-0.15, -0.1) is 0 Å². The molecule has 0 amide bonds. The van der Waals surface area contributed by atoms with Crippen LogP contribution in [-0.2, 0) is 19.1 Å². The molecule has 1 radical (unpaired) electrons. The Kier molecular flexibility index (Phi) is 5.03. The number of nitrogens with zero attached hydrogens (tertiary/aromatic N) is 1. The van der Waals surface area contributed by atoms with E-state index in [0.29, 0.717) is 0 Å². The summed E-state index contributed by atoms with van der Waals surface area (Å²) >= 11 is 0. The molecular formula is C7H13NO4+. The molecule has 0 fully saturated rings. The quantitative estimate of drug-likeness (QED) is 0.410. The first-order valence-electron chi connectivity index (χ1n) is 3.42. The molecule has 0 spiro atoms. The minimum atomic E-state index is -0.374. The SMILES string of the molecule is COC(=O)C[N+](C)CC(=O)OC. The highest BCUT2D eigenvalue weighted by Crippen LogP contribution is 1.82. The van der Waals surface area contributed by atoms with Crippen molar-refractivity contribution in [3.05, 3.63) is 0 Å². The zero-order valence-corrected chi connectivity index (χ0v) is 7.49. The first-order valence-corrected chi connectivity index (χ1v) is 3.42. The first kappa shape index (κ1) is 10.9. The van der Waals surface area contributed by atoms with E-state index in [1.54, 1.807) is 7.05 Å². The van der Waals surface area contributed by atoms with Crippen molar-refractivity contribution in [2.75, 3.05) is 34.4 Å². The third-order valence-electron chi connectivity index (χ3n) is 1.25. The van der Waals surface area contributed by atoms with E-state index >= 15 is 0 Å². The van der Waals surface area contributed by atoms with Crippen LogP contribution in [0.1, 0.15) is 0 Å². The van der Waals surface area contributed by atoms with Crippen LogP contribution in [0.15, 0.2) is 0 Å². The molecule has 0 heterocycles. The van der Waals surface area contributed by atoms with Crippen LogP contribution in [0.25, 0.3) is 0 Å². The van der Waals surface area contributed by atoms with Crippen LogP contribution in [0.3, 0.4) is 0 Å². The van der Waals surface area contributed by atoms with Crippen molar-refractivity contribution in [1.82, 2.24) is 4.90 Å². The molecule has 5 nitrogen and oxygen atoms in total. The van der Waals surface area contributed by atoms with Gasteiger partial charge in [0.15, 0.2) is 0 Å². The highest BCUT2D eigenvalue weighted by atomic mass is 16.5. The van der Waals surface area contributed by atoms with Gasteiger partial charge in [-0.25, -0.2) is 9.59 Å². The largest absolute Gasteiger partial charge is 0.465 e. The Hall–Kier alpha value is -1.10. The zero-order valence-electron chi connectivity index (χ0n) is 7.49. The highest BCUT2D eigenvalue weighted by Gasteiger charge is 2.18. The number of ether oxygens (including phenoxy) is 2. The molecule has 0 aromatic rings. The van der Waals surface area contributed by atoms with Crippen LogP contribution < -0.4 is 4.90 Å². The number of likely N-dealkylation sites (N-methyl/N-ethyl adjacent to an activating group) is 1. The van der Waals surface area contributed by atoms with Crippen LogP contribution in [0.2, 0.25) is 0 Å². The van der Waals surface area contributed by atoms with Gasteiger partial charge in [0.25, 0.3) is 0 Å². The van der Waals surface area contributed by atoms with Crippen molar-refractivity contribution < 1.29 is 19.1 Å². The monoisotopic (exact) mass is 175 g/mol. The summed E-state index contributed by atoms with van der Waals surface area (Å²) in [7, 11) is 4.23. The molecule has 0 rings (SSSR count). The van der Waals surface area contributed by atoms with E-state index in [2.05, 4.69) is 9.47 Å². The Morgan fingerprint density at radius 3 is 1.67 bits per heavy atom. The number of methoxy groups -OCH3 is 2. The van der Waals surface area contributed by atoms with Gasteiger partial charge in [0.05, 0.1) is 14.2 Å². The predicted octanol–water partition coefficient (Wildman–Crippen LogP) is -0.898. The molecule has 0 aromatic heterocycles. The first-order chi connectivity index (χ1) is 5.60. The Labute approximate surface area is 71.2 Å². The van der Waals surface area contributed by atoms with Crippen molar-refractivity contribution in [1.29, 1.82) is 0 Å². The Bertz CT molecular complexity index is 151. The van der Waals surface area contributed by atoms with E-state index in [1.807, 2.05) is 0 Å². The number of esters is 2. The molecular weight excluding hydrogens is 162 g/mol. The topological polar surface area (TPSA) is 58.5 Å². The van der Waals surface area contributed by atoms with Gasteiger partial charge in [-0.05, 0) is 0 Å². The summed E-state index contributed by atoms with van der Waals surface area (Å²) in [6, 6.07) is 0. The maximum Gasteiger partial charge on any atom is 0.366 e. The van der Waals surface area contributed by atoms with Gasteiger partial charge in [0.2, 0.25) is 13.1 Å². The average Bonchev–Trinajstić information content (AvgIpc) is 2.03. The summed E-state index contributed by atoms with van der Waals surface area (Å²) in [6.07, 6.45) is 0. The second-order valence-corrected chi connectivity index (χ2v) is 2.32. The zero-order chi connectivity index (χ0) is 9.56. The van der Waals surface area contributed by atoms with E-state index in [4.69, 9.17) is 0 Å². The smallest absolute Gasteiger partial charge is 0.366 e. The number of carbonyl (C=O) groups excluding carboxylic acids is 2. The minimum absolute atomic E-state index is 0.0889. The van der Waals surface area contributed by atoms with Gasteiger partial charge in [-0.1, -0.05) is 0 Å². The van der Waals surface area contributed by atoms with E-state index in [9.17, 15) is 9.59 Å². The molecule has 0 aromatic carbocycles. The van der Waals surface area contributed by atoms with Gasteiger partial charge < -0.3 is 9.47 Å². The summed E-state index contributed by atoms with van der Waals surface area (Å²) in [4.78, 5) is 22.9. The average molecular weight is 175 g/mol. The normalized spacial score (nSPS) is 9.67. The molecule has 0 N–H and O–H groups in total. The lowest BCUT2D eigenvalue weighted by molar-refractivity contribution is -0.142. The second-order valence-electron chi connectivity index (χ2n) is 2.32. The molecule has 0 saturated heterocycles. The molecule has 0 aliphatic rings. The van der Waals surface area contributed by atoms with E-state index < -0.39 is 0 Å². The molecule has 0 atom stereocenters. The van der Waals surface area contributed by atoms with Crippen LogP contribution in [-0.4, -0.2) is 46.3 Å². The number of hydrogen-bond acceptors (Lipinski definition) is 5. The molecule has 69 valence electrons. The lowest BCUT2D eigenvalue weighted by Gasteiger charge is -2.03. The summed E-state index contributed by atoms with van der Waals surface area (Å²) in [5.41, 5.74) is 0. The van der Waals surface area contributed by atoms with Crippen molar-refractivity contribution in [2.45, 2.75) is 0 Å². The summed E-state index contributed by atoms with van der Waals surface area (Å²) in [5.74, 6) is -0.747. The molecule has 0 saturated carbocycles. The van der Waals surface area contributed by atoms with E-state index in [-0.39, 0.29) is 25.0 Å². The Balaban J connectivity index is 3.66. The fourth-order valence-electron chi connectivity index (χ4n) is 0.626. The maximum absolute atomic E-state index is 10.7. The standard InChI is InChI=1S/C7H13NO4/c1-8(4-6(9)11-2)5-7(10)12-3/h4-5H2,1-3H3/q+1. The van der Waals surface area contributed by atoms with Crippen LogP contribution in [0.4, 0.5) is 0 Å². The van der Waals surface area contributed by atoms with Crippen molar-refractivity contribution >= 4 is 11.9 Å². The van der Waals surface area contributed by atoms with Crippen molar-refractivity contribution in [2.24, 2.45) is 0 Å². The molecule has 12 heavy (non-hydrogen) atoms. The highest BCUT2D eigenvalue weighted by molar-refractivity contribution is 5.75. The minimum Gasteiger partial charge on any atom is -0.465 e. The lowest BCUT2D eigenvalue weighted by atomic mass is 10.5. The number of rotatable bonds is 4. The third-order valence-corrected chi connectivity index (χ3v) is 1.25. The van der Waals surface area contributed by atoms with Gasteiger partial charge in [0.1, 0.15) is 7.05 Å². The van der Waals surface area contributed by atoms with Crippen LogP contribution in [0, 0.1) is 0 Å². The van der Waals surface area contributed by atoms with E-state index in [0.717, 1.165) is 0 Å². The van der Waals surface area contributed by atoms with Crippen LogP contribution in [0.5, 0.6) is 0 Å². The van der Waals surface area contributed by atoms with E-state index in [1.165, 1.54) is 19.1 Å². The summed E-state index contributed by atoms with van der Waals surface area (Å²) < 4.78 is 8.81. The fourth-order valence-corrected chi connectivity index (χ4v) is 0.626. The van der Waals surface area contributed by atoms with Crippen molar-refractivity contribution in [3.63, 3.8) is 0 Å². The Morgan fingerprint density at radius 2 is 1.42 bits per heavy atom. The predicted molar refractivity (Wildman–Crippen MR) is 41.8 cm³/mol. The second kappa shape index (κ2) is 5.54. The van der Waals surface area contributed by atoms with Crippen molar-refractivity contribution in [3.8, 4) is 0 Å². The van der Waals surface area contributed by atoms with Gasteiger partial charge in [-0.2, -0.15) is 4.90 Å². The summed E-state index contributed by atoms with van der Waals surface area (Å²) in [5, 5.41) is 0. The lowest BCUT2D eigenvalue weighted by Crippen LogP contribution is -2.37. The summed E-state index contributed by atoms with van der Waals surface area (Å²) in [6.45, 7) is 0.178. The number of hydrogen-bond donors (Lipinski definition) is 0. The van der Waals surface area contributed by atoms with Gasteiger partial charge in [-0.3, -0.25) is 0 Å². The van der Waals surface area contributed by atoms with Crippen LogP contribution >= 0.6 is 0 Å². The molecule has 0 aliphatic heterocycles. The maximum atomic E-state index is 10.7. The van der Waals surface area contributed by atoms with Gasteiger partial charge >= 0.3 is 11.9 Å².